The molecule has 0 saturated carbocycles. The first-order chi connectivity index (χ1) is 11.0. The van der Waals surface area contributed by atoms with E-state index >= 15 is 0 Å². The number of para-hydroxylation sites is 1. The third kappa shape index (κ3) is 5.84. The Hall–Kier alpha value is -1.60. The second kappa shape index (κ2) is 8.31. The number of unbranched alkanes of at least 4 members (excludes halogenated alkanes) is 1. The van der Waals surface area contributed by atoms with Gasteiger partial charge in [-0.15, -0.1) is 0 Å². The first-order valence-electron chi connectivity index (χ1n) is 8.02. The topological polar surface area (TPSA) is 75.7 Å². The number of nitrogens with one attached hydrogen (secondary N) is 1. The summed E-state index contributed by atoms with van der Waals surface area (Å²) in [5, 5.41) is 0. The Labute approximate surface area is 137 Å². The Balaban J connectivity index is 1.78. The first kappa shape index (κ1) is 17.7. The van der Waals surface area contributed by atoms with Gasteiger partial charge in [0.1, 0.15) is 5.75 Å². The second-order valence-corrected chi connectivity index (χ2v) is 7.61. The van der Waals surface area contributed by atoms with Crippen LogP contribution >= 0.6 is 0 Å². The molecule has 1 saturated heterocycles. The molecule has 1 N–H and O–H groups in total. The smallest absolute Gasteiger partial charge is 0.410 e. The van der Waals surface area contributed by atoms with Crippen LogP contribution in [0.2, 0.25) is 0 Å². The van der Waals surface area contributed by atoms with Gasteiger partial charge in [-0.1, -0.05) is 31.5 Å². The molecule has 0 radical (unpaired) electrons. The van der Waals surface area contributed by atoms with Crippen molar-refractivity contribution in [3.8, 4) is 5.75 Å². The van der Waals surface area contributed by atoms with Gasteiger partial charge >= 0.3 is 6.09 Å². The molecule has 2 rings (SSSR count). The van der Waals surface area contributed by atoms with Crippen LogP contribution in [0.25, 0.3) is 0 Å². The molecular weight excluding hydrogens is 316 g/mol. The van der Waals surface area contributed by atoms with Gasteiger partial charge in [0, 0.05) is 19.1 Å². The van der Waals surface area contributed by atoms with Crippen molar-refractivity contribution in [3.05, 3.63) is 30.3 Å². The monoisotopic (exact) mass is 340 g/mol. The highest BCUT2D eigenvalue weighted by Gasteiger charge is 2.26. The van der Waals surface area contributed by atoms with Gasteiger partial charge in [-0.05, 0) is 31.4 Å². The van der Waals surface area contributed by atoms with Crippen LogP contribution in [-0.2, 0) is 10.0 Å². The summed E-state index contributed by atoms with van der Waals surface area (Å²) in [6, 6.07) is 8.82. The Kier molecular flexibility index (Phi) is 6.41. The van der Waals surface area contributed by atoms with Gasteiger partial charge in [0.25, 0.3) is 0 Å². The van der Waals surface area contributed by atoms with Crippen LogP contribution in [-0.4, -0.2) is 44.3 Å². The molecule has 1 aliphatic rings. The molecule has 1 aromatic rings. The minimum atomic E-state index is -3.21. The van der Waals surface area contributed by atoms with Gasteiger partial charge in [0.05, 0.1) is 5.75 Å². The number of carbonyl (C=O) groups is 1. The summed E-state index contributed by atoms with van der Waals surface area (Å²) < 4.78 is 31.8. The Morgan fingerprint density at radius 2 is 1.91 bits per heavy atom. The minimum absolute atomic E-state index is 0.0994. The predicted octanol–water partition coefficient (Wildman–Crippen LogP) is 2.37. The highest BCUT2D eigenvalue weighted by atomic mass is 32.2. The molecule has 23 heavy (non-hydrogen) atoms. The number of ether oxygens (including phenoxy) is 1. The van der Waals surface area contributed by atoms with Crippen molar-refractivity contribution in [1.29, 1.82) is 0 Å². The number of nitrogens with zero attached hydrogens (tertiary/aromatic N) is 1. The largest absolute Gasteiger partial charge is 0.415 e. The lowest BCUT2D eigenvalue weighted by atomic mass is 10.1. The van der Waals surface area contributed by atoms with E-state index in [-0.39, 0.29) is 17.9 Å². The number of sulfonamides is 1. The van der Waals surface area contributed by atoms with Crippen molar-refractivity contribution in [1.82, 2.24) is 9.62 Å². The van der Waals surface area contributed by atoms with Gasteiger partial charge in [-0.3, -0.25) is 0 Å². The fraction of sp³-hybridized carbons (Fsp3) is 0.562. The summed E-state index contributed by atoms with van der Waals surface area (Å²) in [5.74, 6) is 0.680. The summed E-state index contributed by atoms with van der Waals surface area (Å²) in [6.45, 7) is 2.95. The minimum Gasteiger partial charge on any atom is -0.410 e. The zero-order chi connectivity index (χ0) is 16.7. The summed E-state index contributed by atoms with van der Waals surface area (Å²) in [5.41, 5.74) is 0. The van der Waals surface area contributed by atoms with E-state index in [4.69, 9.17) is 4.74 Å². The van der Waals surface area contributed by atoms with Crippen LogP contribution in [0.15, 0.2) is 30.3 Å². The maximum Gasteiger partial charge on any atom is 0.415 e. The van der Waals surface area contributed by atoms with Crippen LogP contribution in [0.1, 0.15) is 32.6 Å². The molecule has 1 amide bonds. The van der Waals surface area contributed by atoms with Gasteiger partial charge in [0.2, 0.25) is 10.0 Å². The Morgan fingerprint density at radius 1 is 1.26 bits per heavy atom. The van der Waals surface area contributed by atoms with E-state index in [1.165, 1.54) is 0 Å². The van der Waals surface area contributed by atoms with E-state index in [2.05, 4.69) is 4.72 Å². The molecule has 1 aliphatic heterocycles. The van der Waals surface area contributed by atoms with Crippen LogP contribution in [0, 0.1) is 0 Å². The van der Waals surface area contributed by atoms with Crippen LogP contribution in [0.3, 0.4) is 0 Å². The highest BCUT2D eigenvalue weighted by Crippen LogP contribution is 2.15. The molecule has 128 valence electrons. The molecule has 0 aliphatic carbocycles. The maximum absolute atomic E-state index is 12.1. The predicted molar refractivity (Wildman–Crippen MR) is 88.9 cm³/mol. The molecule has 7 heteroatoms. The molecular formula is C16H24N2O4S. The standard InChI is InChI=1S/C16H24N2O4S/c1-2-3-13-23(20,21)17-14-9-11-18(12-10-14)16(19)22-15-7-5-4-6-8-15/h4-8,14,17H,2-3,9-13H2,1H3. The third-order valence-corrected chi connectivity index (χ3v) is 5.33. The number of carbonyl (C=O) groups excluding carboxylic acids is 1. The van der Waals surface area contributed by atoms with E-state index in [1.807, 2.05) is 13.0 Å². The molecule has 1 heterocycles. The second-order valence-electron chi connectivity index (χ2n) is 5.73. The maximum atomic E-state index is 12.1. The molecule has 6 nitrogen and oxygen atoms in total. The number of benzene rings is 1. The van der Waals surface area contributed by atoms with Crippen molar-refractivity contribution < 1.29 is 17.9 Å². The van der Waals surface area contributed by atoms with Gasteiger partial charge in [0.15, 0.2) is 0 Å². The summed E-state index contributed by atoms with van der Waals surface area (Å²) in [6.07, 6.45) is 2.34. The van der Waals surface area contributed by atoms with E-state index < -0.39 is 10.0 Å². The highest BCUT2D eigenvalue weighted by molar-refractivity contribution is 7.89. The zero-order valence-electron chi connectivity index (χ0n) is 13.4. The summed E-state index contributed by atoms with van der Waals surface area (Å²) in [4.78, 5) is 13.7. The van der Waals surface area contributed by atoms with Crippen molar-refractivity contribution in [2.45, 2.75) is 38.6 Å². The van der Waals surface area contributed by atoms with Crippen LogP contribution in [0.4, 0.5) is 4.79 Å². The van der Waals surface area contributed by atoms with Crippen LogP contribution in [0.5, 0.6) is 5.75 Å². The Morgan fingerprint density at radius 3 is 2.52 bits per heavy atom. The van der Waals surface area contributed by atoms with E-state index in [0.717, 1.165) is 6.42 Å². The molecule has 0 atom stereocenters. The summed E-state index contributed by atoms with van der Waals surface area (Å²) >= 11 is 0. The van der Waals surface area contributed by atoms with Gasteiger partial charge in [-0.25, -0.2) is 17.9 Å². The third-order valence-electron chi connectivity index (χ3n) is 3.81. The number of piperidine rings is 1. The fourth-order valence-electron chi connectivity index (χ4n) is 2.48. The lowest BCUT2D eigenvalue weighted by Crippen LogP contribution is -2.47. The van der Waals surface area contributed by atoms with Crippen molar-refractivity contribution in [2.24, 2.45) is 0 Å². The van der Waals surface area contributed by atoms with Crippen molar-refractivity contribution in [2.75, 3.05) is 18.8 Å². The van der Waals surface area contributed by atoms with E-state index in [0.29, 0.717) is 38.1 Å². The lowest BCUT2D eigenvalue weighted by molar-refractivity contribution is 0.138. The van der Waals surface area contributed by atoms with Gasteiger partial charge in [-0.2, -0.15) is 0 Å². The SMILES string of the molecule is CCCCS(=O)(=O)NC1CCN(C(=O)Oc2ccccc2)CC1. The quantitative estimate of drug-likeness (QED) is 0.862. The van der Waals surface area contributed by atoms with E-state index in [1.54, 1.807) is 29.2 Å². The molecule has 0 aromatic heterocycles. The number of rotatable bonds is 6. The normalized spacial score (nSPS) is 16.3. The fourth-order valence-corrected chi connectivity index (χ4v) is 4.01. The molecule has 0 unspecified atom stereocenters. The average Bonchev–Trinajstić information content (AvgIpc) is 2.54. The van der Waals surface area contributed by atoms with Crippen molar-refractivity contribution in [3.63, 3.8) is 0 Å². The Bertz CT molecular complexity index is 596. The van der Waals surface area contributed by atoms with Crippen LogP contribution < -0.4 is 9.46 Å². The number of amides is 1. The average molecular weight is 340 g/mol. The zero-order valence-corrected chi connectivity index (χ0v) is 14.2. The number of hydrogen-bond acceptors (Lipinski definition) is 4. The molecule has 1 fully saturated rings. The van der Waals surface area contributed by atoms with Crippen molar-refractivity contribution >= 4 is 16.1 Å². The van der Waals surface area contributed by atoms with Gasteiger partial charge < -0.3 is 9.64 Å². The molecule has 0 spiro atoms. The number of likely N-dealkylation sites (tertiary alicyclic amines) is 1. The lowest BCUT2D eigenvalue weighted by Gasteiger charge is -2.31. The number of hydrogen-bond donors (Lipinski definition) is 1. The molecule has 0 bridgehead atoms. The molecule has 1 aromatic carbocycles. The summed E-state index contributed by atoms with van der Waals surface area (Å²) in [7, 11) is -3.21. The first-order valence-corrected chi connectivity index (χ1v) is 9.67. The van der Waals surface area contributed by atoms with E-state index in [9.17, 15) is 13.2 Å².